The Morgan fingerprint density at radius 3 is 2.88 bits per heavy atom. The van der Waals surface area contributed by atoms with Gasteiger partial charge in [0.05, 0.1) is 5.69 Å². The van der Waals surface area contributed by atoms with E-state index in [4.69, 9.17) is 0 Å². The van der Waals surface area contributed by atoms with Crippen LogP contribution in [0.4, 0.5) is 10.5 Å². The number of benzene rings is 1. The van der Waals surface area contributed by atoms with Crippen molar-refractivity contribution in [1.29, 1.82) is 0 Å². The van der Waals surface area contributed by atoms with Crippen LogP contribution in [0.15, 0.2) is 36.7 Å². The zero-order valence-electron chi connectivity index (χ0n) is 13.9. The van der Waals surface area contributed by atoms with Gasteiger partial charge in [0.25, 0.3) is 0 Å². The smallest absolute Gasteiger partial charge is 0.321 e. The van der Waals surface area contributed by atoms with Crippen molar-refractivity contribution in [3.05, 3.63) is 36.7 Å². The molecule has 0 spiro atoms. The minimum Gasteiger partial charge on any atom is -0.323 e. The highest BCUT2D eigenvalue weighted by Crippen LogP contribution is 2.24. The highest BCUT2D eigenvalue weighted by Gasteiger charge is 2.29. The zero-order valence-corrected chi connectivity index (χ0v) is 13.9. The quantitative estimate of drug-likeness (QED) is 0.922. The van der Waals surface area contributed by atoms with E-state index in [0.29, 0.717) is 6.04 Å². The van der Waals surface area contributed by atoms with Crippen LogP contribution in [0.2, 0.25) is 0 Å². The number of urea groups is 1. The van der Waals surface area contributed by atoms with Crippen molar-refractivity contribution in [2.75, 3.05) is 31.5 Å². The van der Waals surface area contributed by atoms with Crippen LogP contribution in [0, 0.1) is 0 Å². The molecule has 0 bridgehead atoms. The molecular formula is C19H24N4O. The van der Waals surface area contributed by atoms with Crippen LogP contribution in [-0.4, -0.2) is 53.0 Å². The fourth-order valence-electron chi connectivity index (χ4n) is 3.97. The predicted octanol–water partition coefficient (Wildman–Crippen LogP) is 3.33. The Hall–Kier alpha value is -2.14. The normalized spacial score (nSPS) is 22.0. The number of piperidine rings is 1. The van der Waals surface area contributed by atoms with Crippen LogP contribution in [0.1, 0.15) is 25.7 Å². The summed E-state index contributed by atoms with van der Waals surface area (Å²) < 4.78 is 0. The second-order valence-electron chi connectivity index (χ2n) is 6.82. The molecule has 2 saturated heterocycles. The summed E-state index contributed by atoms with van der Waals surface area (Å²) in [7, 11) is 0. The van der Waals surface area contributed by atoms with Crippen LogP contribution in [0.25, 0.3) is 10.8 Å². The average Bonchev–Trinajstić information content (AvgIpc) is 3.17. The zero-order chi connectivity index (χ0) is 16.4. The van der Waals surface area contributed by atoms with E-state index in [1.165, 1.54) is 32.4 Å². The monoisotopic (exact) mass is 324 g/mol. The first-order valence-corrected chi connectivity index (χ1v) is 8.94. The first kappa shape index (κ1) is 15.4. The number of hydrogen-bond acceptors (Lipinski definition) is 3. The first-order valence-electron chi connectivity index (χ1n) is 8.94. The number of fused-ring (bicyclic) bond motifs is 1. The van der Waals surface area contributed by atoms with Crippen molar-refractivity contribution < 1.29 is 4.79 Å². The van der Waals surface area contributed by atoms with Crippen LogP contribution in [0.5, 0.6) is 0 Å². The van der Waals surface area contributed by atoms with E-state index in [1.807, 2.05) is 35.4 Å². The molecule has 2 fully saturated rings. The summed E-state index contributed by atoms with van der Waals surface area (Å²) in [5, 5.41) is 5.19. The van der Waals surface area contributed by atoms with E-state index < -0.39 is 0 Å². The minimum atomic E-state index is 0.0169. The lowest BCUT2D eigenvalue weighted by Crippen LogP contribution is -2.50. The minimum absolute atomic E-state index is 0.0169. The Bertz CT molecular complexity index is 721. The Balaban J connectivity index is 1.47. The number of aromatic nitrogens is 1. The molecule has 4 rings (SSSR count). The summed E-state index contributed by atoms with van der Waals surface area (Å²) in [6.45, 7) is 4.08. The fraction of sp³-hybridized carbons (Fsp3) is 0.474. The highest BCUT2D eigenvalue weighted by molar-refractivity contribution is 6.01. The van der Waals surface area contributed by atoms with Crippen molar-refractivity contribution in [3.63, 3.8) is 0 Å². The van der Waals surface area contributed by atoms with Crippen LogP contribution in [-0.2, 0) is 0 Å². The summed E-state index contributed by atoms with van der Waals surface area (Å²) in [5.41, 5.74) is 0.864. The van der Waals surface area contributed by atoms with Gasteiger partial charge in [-0.05, 0) is 50.9 Å². The standard InChI is InChI=1S/C19H24N4O/c24-19(21-18-7-3-5-15-13-20-9-8-17(15)18)23-12-4-6-16(14-23)22-10-1-2-11-22/h3,5,7-9,13,16H,1-2,4,6,10-12,14H2,(H,21,24)/t16-/m0/s1. The van der Waals surface area contributed by atoms with Gasteiger partial charge in [-0.25, -0.2) is 4.79 Å². The van der Waals surface area contributed by atoms with Gasteiger partial charge in [-0.2, -0.15) is 0 Å². The summed E-state index contributed by atoms with van der Waals surface area (Å²) in [4.78, 5) is 21.4. The number of pyridine rings is 1. The second kappa shape index (κ2) is 6.77. The van der Waals surface area contributed by atoms with Gasteiger partial charge in [0.15, 0.2) is 0 Å². The molecule has 0 aliphatic carbocycles. The number of carbonyl (C=O) groups excluding carboxylic acids is 1. The molecule has 0 radical (unpaired) electrons. The number of anilines is 1. The third-order valence-corrected chi connectivity index (χ3v) is 5.26. The van der Waals surface area contributed by atoms with E-state index in [9.17, 15) is 4.79 Å². The molecule has 1 atom stereocenters. The number of nitrogens with zero attached hydrogens (tertiary/aromatic N) is 3. The summed E-state index contributed by atoms with van der Waals surface area (Å²) in [5.74, 6) is 0. The SMILES string of the molecule is O=C(Nc1cccc2cnccc12)N1CCC[C@H](N2CCCC2)C1. The maximum Gasteiger partial charge on any atom is 0.321 e. The Morgan fingerprint density at radius 2 is 2.00 bits per heavy atom. The number of carbonyl (C=O) groups is 1. The predicted molar refractivity (Wildman–Crippen MR) is 96.2 cm³/mol. The summed E-state index contributed by atoms with van der Waals surface area (Å²) in [6.07, 6.45) is 8.49. The largest absolute Gasteiger partial charge is 0.323 e. The maximum atomic E-state index is 12.8. The number of rotatable bonds is 2. The molecule has 0 saturated carbocycles. The van der Waals surface area contributed by atoms with Crippen molar-refractivity contribution in [2.24, 2.45) is 0 Å². The fourth-order valence-corrected chi connectivity index (χ4v) is 3.97. The number of amides is 2. The second-order valence-corrected chi connectivity index (χ2v) is 6.82. The van der Waals surface area contributed by atoms with Crippen LogP contribution in [0.3, 0.4) is 0 Å². The maximum absolute atomic E-state index is 12.8. The molecule has 1 aromatic carbocycles. The van der Waals surface area contributed by atoms with Gasteiger partial charge in [-0.3, -0.25) is 9.88 Å². The van der Waals surface area contributed by atoms with Crippen LogP contribution < -0.4 is 5.32 Å². The van der Waals surface area contributed by atoms with Gasteiger partial charge < -0.3 is 10.2 Å². The van der Waals surface area contributed by atoms with E-state index in [-0.39, 0.29) is 6.03 Å². The molecule has 5 nitrogen and oxygen atoms in total. The average molecular weight is 324 g/mol. The molecule has 24 heavy (non-hydrogen) atoms. The van der Waals surface area contributed by atoms with E-state index in [2.05, 4.69) is 15.2 Å². The molecular weight excluding hydrogens is 300 g/mol. The van der Waals surface area contributed by atoms with E-state index in [1.54, 1.807) is 6.20 Å². The van der Waals surface area contributed by atoms with E-state index in [0.717, 1.165) is 36.0 Å². The van der Waals surface area contributed by atoms with Gasteiger partial charge in [-0.15, -0.1) is 0 Å². The van der Waals surface area contributed by atoms with Gasteiger partial charge >= 0.3 is 6.03 Å². The molecule has 3 heterocycles. The molecule has 126 valence electrons. The summed E-state index contributed by atoms with van der Waals surface area (Å²) in [6, 6.07) is 8.44. The third-order valence-electron chi connectivity index (χ3n) is 5.26. The van der Waals surface area contributed by atoms with Crippen molar-refractivity contribution in [1.82, 2.24) is 14.8 Å². The van der Waals surface area contributed by atoms with E-state index >= 15 is 0 Å². The number of nitrogens with one attached hydrogen (secondary N) is 1. The van der Waals surface area contributed by atoms with Crippen molar-refractivity contribution in [3.8, 4) is 0 Å². The van der Waals surface area contributed by atoms with Crippen LogP contribution >= 0.6 is 0 Å². The highest BCUT2D eigenvalue weighted by atomic mass is 16.2. The first-order chi connectivity index (χ1) is 11.8. The van der Waals surface area contributed by atoms with Gasteiger partial charge in [0.1, 0.15) is 0 Å². The lowest BCUT2D eigenvalue weighted by Gasteiger charge is -2.37. The van der Waals surface area contributed by atoms with Gasteiger partial charge in [-0.1, -0.05) is 12.1 Å². The van der Waals surface area contributed by atoms with Crippen molar-refractivity contribution in [2.45, 2.75) is 31.7 Å². The number of likely N-dealkylation sites (tertiary alicyclic amines) is 2. The molecule has 0 unspecified atom stereocenters. The molecule has 2 amide bonds. The number of hydrogen-bond donors (Lipinski definition) is 1. The Labute approximate surface area is 142 Å². The Kier molecular flexibility index (Phi) is 4.34. The molecule has 2 aliphatic rings. The van der Waals surface area contributed by atoms with Crippen molar-refractivity contribution >= 4 is 22.5 Å². The third kappa shape index (κ3) is 3.08. The molecule has 5 heteroatoms. The molecule has 2 aromatic rings. The molecule has 2 aliphatic heterocycles. The molecule has 1 N–H and O–H groups in total. The topological polar surface area (TPSA) is 48.5 Å². The Morgan fingerprint density at radius 1 is 1.12 bits per heavy atom. The lowest BCUT2D eigenvalue weighted by atomic mass is 10.0. The van der Waals surface area contributed by atoms with Gasteiger partial charge in [0, 0.05) is 42.3 Å². The molecule has 1 aromatic heterocycles. The van der Waals surface area contributed by atoms with Gasteiger partial charge in [0.2, 0.25) is 0 Å². The lowest BCUT2D eigenvalue weighted by molar-refractivity contribution is 0.132. The summed E-state index contributed by atoms with van der Waals surface area (Å²) >= 11 is 0.